The molecule has 0 amide bonds. The topological polar surface area (TPSA) is 79.9 Å². The molecule has 0 saturated carbocycles. The first-order valence-corrected chi connectivity index (χ1v) is 6.63. The van der Waals surface area contributed by atoms with Crippen molar-refractivity contribution in [2.45, 2.75) is 13.0 Å². The van der Waals surface area contributed by atoms with E-state index in [-0.39, 0.29) is 5.84 Å². The van der Waals surface area contributed by atoms with Crippen LogP contribution in [0.25, 0.3) is 0 Å². The zero-order valence-electron chi connectivity index (χ0n) is 10.6. The fraction of sp³-hybridized carbons (Fsp3) is 0.462. The molecule has 1 saturated heterocycles. The van der Waals surface area contributed by atoms with E-state index in [1.807, 2.05) is 6.07 Å². The molecule has 0 aromatic heterocycles. The van der Waals surface area contributed by atoms with Crippen molar-refractivity contribution in [3.8, 4) is 0 Å². The molecule has 0 radical (unpaired) electrons. The van der Waals surface area contributed by atoms with E-state index in [0.717, 1.165) is 31.7 Å². The van der Waals surface area contributed by atoms with Crippen LogP contribution in [0.15, 0.2) is 23.4 Å². The third-order valence-corrected chi connectivity index (χ3v) is 3.58. The van der Waals surface area contributed by atoms with Crippen molar-refractivity contribution < 1.29 is 9.94 Å². The molecule has 1 heterocycles. The van der Waals surface area contributed by atoms with Gasteiger partial charge in [-0.05, 0) is 24.0 Å². The van der Waals surface area contributed by atoms with Crippen LogP contribution in [0.5, 0.6) is 0 Å². The van der Waals surface area contributed by atoms with Crippen LogP contribution in [0, 0.1) is 5.92 Å². The molecule has 1 aromatic rings. The number of hydrogen-bond acceptors (Lipinski definition) is 4. The lowest BCUT2D eigenvalue weighted by Crippen LogP contribution is -2.23. The fourth-order valence-electron chi connectivity index (χ4n) is 2.06. The summed E-state index contributed by atoms with van der Waals surface area (Å²) < 4.78 is 5.32. The van der Waals surface area contributed by atoms with Gasteiger partial charge in [0.15, 0.2) is 5.84 Å². The predicted octanol–water partition coefficient (Wildman–Crippen LogP) is 1.56. The first-order chi connectivity index (χ1) is 9.20. The van der Waals surface area contributed by atoms with Crippen molar-refractivity contribution >= 4 is 17.4 Å². The van der Waals surface area contributed by atoms with Crippen molar-refractivity contribution in [2.24, 2.45) is 16.8 Å². The Balaban J connectivity index is 1.89. The summed E-state index contributed by atoms with van der Waals surface area (Å²) in [7, 11) is 0. The van der Waals surface area contributed by atoms with Crippen molar-refractivity contribution in [3.63, 3.8) is 0 Å². The zero-order valence-corrected chi connectivity index (χ0v) is 11.4. The lowest BCUT2D eigenvalue weighted by atomic mass is 10.1. The van der Waals surface area contributed by atoms with Crippen LogP contribution in [0.2, 0.25) is 5.02 Å². The third kappa shape index (κ3) is 3.83. The Kier molecular flexibility index (Phi) is 5.01. The zero-order chi connectivity index (χ0) is 13.7. The second kappa shape index (κ2) is 6.75. The summed E-state index contributed by atoms with van der Waals surface area (Å²) in [5.74, 6) is 0.653. The molecule has 1 atom stereocenters. The van der Waals surface area contributed by atoms with Crippen LogP contribution in [0.1, 0.15) is 17.5 Å². The van der Waals surface area contributed by atoms with Gasteiger partial charge < -0.3 is 21.0 Å². The molecule has 1 fully saturated rings. The van der Waals surface area contributed by atoms with E-state index < -0.39 is 0 Å². The molecule has 1 aliphatic rings. The molecule has 5 nitrogen and oxygen atoms in total. The summed E-state index contributed by atoms with van der Waals surface area (Å²) in [5, 5.41) is 15.5. The highest BCUT2D eigenvalue weighted by Crippen LogP contribution is 2.18. The number of benzene rings is 1. The van der Waals surface area contributed by atoms with Gasteiger partial charge in [-0.15, -0.1) is 0 Å². The van der Waals surface area contributed by atoms with E-state index >= 15 is 0 Å². The smallest absolute Gasteiger partial charge is 0.170 e. The van der Waals surface area contributed by atoms with E-state index in [1.165, 1.54) is 0 Å². The van der Waals surface area contributed by atoms with Gasteiger partial charge in [-0.2, -0.15) is 0 Å². The van der Waals surface area contributed by atoms with Gasteiger partial charge in [-0.3, -0.25) is 0 Å². The molecule has 19 heavy (non-hydrogen) atoms. The van der Waals surface area contributed by atoms with Gasteiger partial charge in [-0.1, -0.05) is 28.9 Å². The predicted molar refractivity (Wildman–Crippen MR) is 74.6 cm³/mol. The molecule has 6 heteroatoms. The maximum atomic E-state index is 8.61. The Morgan fingerprint density at radius 1 is 1.58 bits per heavy atom. The summed E-state index contributed by atoms with van der Waals surface area (Å²) in [6, 6.07) is 5.37. The molecule has 0 bridgehead atoms. The van der Waals surface area contributed by atoms with Crippen LogP contribution >= 0.6 is 11.6 Å². The Morgan fingerprint density at radius 3 is 3.05 bits per heavy atom. The van der Waals surface area contributed by atoms with Gasteiger partial charge in [0.05, 0.1) is 6.61 Å². The van der Waals surface area contributed by atoms with Gasteiger partial charge in [-0.25, -0.2) is 0 Å². The molecule has 0 aliphatic carbocycles. The standard InChI is InChI=1S/C13H18ClN3O2/c14-12-5-10(13(15)17-18)1-2-11(12)7-16-6-9-3-4-19-8-9/h1-2,5,9,16,18H,3-4,6-8H2,(H2,15,17). The second-order valence-electron chi connectivity index (χ2n) is 4.65. The van der Waals surface area contributed by atoms with Crippen LogP contribution in [-0.2, 0) is 11.3 Å². The Bertz CT molecular complexity index is 459. The second-order valence-corrected chi connectivity index (χ2v) is 5.06. The molecule has 1 unspecified atom stereocenters. The minimum Gasteiger partial charge on any atom is -0.409 e. The number of rotatable bonds is 5. The molecule has 0 spiro atoms. The number of ether oxygens (including phenoxy) is 1. The maximum absolute atomic E-state index is 8.61. The van der Waals surface area contributed by atoms with Gasteiger partial charge in [0.2, 0.25) is 0 Å². The monoisotopic (exact) mass is 283 g/mol. The fourth-order valence-corrected chi connectivity index (χ4v) is 2.31. The van der Waals surface area contributed by atoms with E-state index in [1.54, 1.807) is 12.1 Å². The van der Waals surface area contributed by atoms with Gasteiger partial charge in [0.25, 0.3) is 0 Å². The number of oxime groups is 1. The average Bonchev–Trinajstić information content (AvgIpc) is 2.93. The molecular weight excluding hydrogens is 266 g/mol. The minimum absolute atomic E-state index is 0.0597. The molecule has 1 aliphatic heterocycles. The highest BCUT2D eigenvalue weighted by Gasteiger charge is 2.15. The summed E-state index contributed by atoms with van der Waals surface area (Å²) >= 11 is 6.17. The molecule has 104 valence electrons. The normalized spacial score (nSPS) is 19.8. The first kappa shape index (κ1) is 14.1. The molecule has 2 rings (SSSR count). The van der Waals surface area contributed by atoms with E-state index in [4.69, 9.17) is 27.3 Å². The molecular formula is C13H18ClN3O2. The number of hydrogen-bond donors (Lipinski definition) is 3. The molecule has 4 N–H and O–H groups in total. The number of nitrogens with one attached hydrogen (secondary N) is 1. The summed E-state index contributed by atoms with van der Waals surface area (Å²) in [4.78, 5) is 0. The Labute approximate surface area is 117 Å². The average molecular weight is 284 g/mol. The van der Waals surface area contributed by atoms with E-state index in [2.05, 4.69) is 10.5 Å². The Hall–Kier alpha value is -1.30. The van der Waals surface area contributed by atoms with Crippen LogP contribution in [0.4, 0.5) is 0 Å². The lowest BCUT2D eigenvalue weighted by Gasteiger charge is -2.11. The lowest BCUT2D eigenvalue weighted by molar-refractivity contribution is 0.185. The number of amidine groups is 1. The van der Waals surface area contributed by atoms with Crippen LogP contribution in [-0.4, -0.2) is 30.8 Å². The number of halogens is 1. The summed E-state index contributed by atoms with van der Waals surface area (Å²) in [6.45, 7) is 3.33. The highest BCUT2D eigenvalue weighted by molar-refractivity contribution is 6.31. The minimum atomic E-state index is 0.0597. The van der Waals surface area contributed by atoms with E-state index in [0.29, 0.717) is 23.0 Å². The van der Waals surface area contributed by atoms with Crippen LogP contribution in [0.3, 0.4) is 0 Å². The summed E-state index contributed by atoms with van der Waals surface area (Å²) in [6.07, 6.45) is 1.11. The first-order valence-electron chi connectivity index (χ1n) is 6.25. The van der Waals surface area contributed by atoms with Crippen LogP contribution < -0.4 is 11.1 Å². The van der Waals surface area contributed by atoms with Crippen molar-refractivity contribution in [1.29, 1.82) is 0 Å². The number of nitrogens with zero attached hydrogens (tertiary/aromatic N) is 1. The van der Waals surface area contributed by atoms with Gasteiger partial charge in [0, 0.05) is 30.3 Å². The quantitative estimate of drug-likeness (QED) is 0.332. The van der Waals surface area contributed by atoms with E-state index in [9.17, 15) is 0 Å². The van der Waals surface area contributed by atoms with Gasteiger partial charge >= 0.3 is 0 Å². The highest BCUT2D eigenvalue weighted by atomic mass is 35.5. The maximum Gasteiger partial charge on any atom is 0.170 e. The van der Waals surface area contributed by atoms with Gasteiger partial charge in [0.1, 0.15) is 0 Å². The van der Waals surface area contributed by atoms with Crippen molar-refractivity contribution in [1.82, 2.24) is 5.32 Å². The molecule has 1 aromatic carbocycles. The van der Waals surface area contributed by atoms with Crippen molar-refractivity contribution in [2.75, 3.05) is 19.8 Å². The summed E-state index contributed by atoms with van der Waals surface area (Å²) in [5.41, 5.74) is 7.11. The number of nitrogens with two attached hydrogens (primary N) is 1. The van der Waals surface area contributed by atoms with Crippen molar-refractivity contribution in [3.05, 3.63) is 34.3 Å². The SMILES string of the molecule is N/C(=N/O)c1ccc(CNCC2CCOC2)c(Cl)c1. The largest absolute Gasteiger partial charge is 0.409 e. The third-order valence-electron chi connectivity index (χ3n) is 3.23. The Morgan fingerprint density at radius 2 is 2.42 bits per heavy atom.